The summed E-state index contributed by atoms with van der Waals surface area (Å²) in [4.78, 5) is 12.5. The number of aryl methyl sites for hydroxylation is 2. The lowest BCUT2D eigenvalue weighted by atomic mass is 9.84. The minimum absolute atomic E-state index is 0.00924. The molecule has 0 radical (unpaired) electrons. The summed E-state index contributed by atoms with van der Waals surface area (Å²) >= 11 is 0. The lowest BCUT2D eigenvalue weighted by Gasteiger charge is -2.16. The summed E-state index contributed by atoms with van der Waals surface area (Å²) < 4.78 is 7.58. The fourth-order valence-corrected chi connectivity index (χ4v) is 3.03. The maximum atomic E-state index is 12.5. The first-order valence-electron chi connectivity index (χ1n) is 7.14. The van der Waals surface area contributed by atoms with Crippen LogP contribution in [0.3, 0.4) is 0 Å². The van der Waals surface area contributed by atoms with Crippen LogP contribution in [0.2, 0.25) is 0 Å². The molecule has 106 valence electrons. The molecule has 4 unspecified atom stereocenters. The Morgan fingerprint density at radius 2 is 2.05 bits per heavy atom. The Balaban J connectivity index is 2.10. The van der Waals surface area contributed by atoms with E-state index in [9.17, 15) is 4.79 Å². The third-order valence-corrected chi connectivity index (χ3v) is 4.36. The molecule has 0 spiro atoms. The lowest BCUT2D eigenvalue weighted by Crippen LogP contribution is -2.28. The van der Waals surface area contributed by atoms with E-state index in [1.807, 2.05) is 31.6 Å². The van der Waals surface area contributed by atoms with Gasteiger partial charge in [-0.05, 0) is 32.3 Å². The van der Waals surface area contributed by atoms with Gasteiger partial charge in [-0.15, -0.1) is 0 Å². The molecule has 1 aliphatic rings. The average molecular weight is 264 g/mol. The Morgan fingerprint density at radius 3 is 2.53 bits per heavy atom. The van der Waals surface area contributed by atoms with E-state index < -0.39 is 0 Å². The third-order valence-electron chi connectivity index (χ3n) is 4.36. The van der Waals surface area contributed by atoms with E-state index in [0.717, 1.165) is 17.8 Å². The van der Waals surface area contributed by atoms with E-state index in [1.165, 1.54) is 0 Å². The van der Waals surface area contributed by atoms with Crippen LogP contribution in [0.1, 0.15) is 39.1 Å². The van der Waals surface area contributed by atoms with Gasteiger partial charge in [-0.1, -0.05) is 13.8 Å². The molecule has 0 bridgehead atoms. The summed E-state index contributed by atoms with van der Waals surface area (Å²) in [6, 6.07) is 2.03. The van der Waals surface area contributed by atoms with Gasteiger partial charge in [0.15, 0.2) is 0 Å². The normalized spacial score (nSPS) is 30.8. The number of nitrogens with zero attached hydrogens (tertiary/aromatic N) is 2. The quantitative estimate of drug-likeness (QED) is 0.837. The number of hydrogen-bond donors (Lipinski definition) is 0. The van der Waals surface area contributed by atoms with Crippen LogP contribution >= 0.6 is 0 Å². The van der Waals surface area contributed by atoms with Crippen molar-refractivity contribution in [2.45, 2.75) is 52.7 Å². The number of ketones is 1. The second-order valence-electron chi connectivity index (χ2n) is 5.68. The predicted molar refractivity (Wildman–Crippen MR) is 74.0 cm³/mol. The molecule has 4 atom stereocenters. The van der Waals surface area contributed by atoms with Gasteiger partial charge >= 0.3 is 0 Å². The molecule has 0 N–H and O–H groups in total. The number of rotatable bonds is 4. The van der Waals surface area contributed by atoms with Crippen molar-refractivity contribution in [3.05, 3.63) is 17.5 Å². The van der Waals surface area contributed by atoms with Crippen molar-refractivity contribution in [2.24, 2.45) is 18.9 Å². The van der Waals surface area contributed by atoms with Gasteiger partial charge in [-0.2, -0.15) is 5.10 Å². The monoisotopic (exact) mass is 264 g/mol. The van der Waals surface area contributed by atoms with E-state index in [-0.39, 0.29) is 23.9 Å². The van der Waals surface area contributed by atoms with Crippen LogP contribution in [-0.2, 0) is 29.4 Å². The SMILES string of the molecule is CCc1cc(CC(=O)C2C(C)OC(C)C2C)n(C)n1. The molecule has 1 aromatic rings. The number of aromatic nitrogens is 2. The van der Waals surface area contributed by atoms with Crippen molar-refractivity contribution in [1.82, 2.24) is 9.78 Å². The number of hydrogen-bond acceptors (Lipinski definition) is 3. The summed E-state index contributed by atoms with van der Waals surface area (Å²) in [6.07, 6.45) is 1.55. The van der Waals surface area contributed by atoms with Gasteiger partial charge in [0.2, 0.25) is 0 Å². The molecular weight excluding hydrogens is 240 g/mol. The molecule has 1 fully saturated rings. The average Bonchev–Trinajstić information content (AvgIpc) is 2.81. The van der Waals surface area contributed by atoms with Crippen molar-refractivity contribution in [3.63, 3.8) is 0 Å². The highest BCUT2D eigenvalue weighted by Crippen LogP contribution is 2.33. The molecular formula is C15H24N2O2. The maximum Gasteiger partial charge on any atom is 0.144 e. The second-order valence-corrected chi connectivity index (χ2v) is 5.68. The Morgan fingerprint density at radius 1 is 1.37 bits per heavy atom. The van der Waals surface area contributed by atoms with E-state index >= 15 is 0 Å². The molecule has 0 amide bonds. The molecule has 0 saturated carbocycles. The molecule has 2 heterocycles. The first-order valence-corrected chi connectivity index (χ1v) is 7.14. The van der Waals surface area contributed by atoms with Crippen molar-refractivity contribution in [2.75, 3.05) is 0 Å². The predicted octanol–water partition coefficient (Wildman–Crippen LogP) is 2.15. The Kier molecular flexibility index (Phi) is 4.09. The van der Waals surface area contributed by atoms with Crippen molar-refractivity contribution < 1.29 is 9.53 Å². The standard InChI is InChI=1S/C15H24N2O2/c1-6-12-7-13(17(5)16-12)8-14(18)15-9(2)10(3)19-11(15)4/h7,9-11,15H,6,8H2,1-5H3. The van der Waals surface area contributed by atoms with Crippen molar-refractivity contribution in [3.8, 4) is 0 Å². The summed E-state index contributed by atoms with van der Waals surface area (Å²) in [5.74, 6) is 0.575. The van der Waals surface area contributed by atoms with Crippen LogP contribution in [0.25, 0.3) is 0 Å². The molecule has 2 rings (SSSR count). The first kappa shape index (κ1) is 14.3. The van der Waals surface area contributed by atoms with Crippen LogP contribution in [0, 0.1) is 11.8 Å². The molecule has 1 aliphatic heterocycles. The van der Waals surface area contributed by atoms with Crippen LogP contribution in [0.15, 0.2) is 6.07 Å². The smallest absolute Gasteiger partial charge is 0.144 e. The number of carbonyl (C=O) groups is 1. The summed E-state index contributed by atoms with van der Waals surface area (Å²) in [6.45, 7) is 8.24. The Labute approximate surface area is 115 Å². The highest BCUT2D eigenvalue weighted by molar-refractivity contribution is 5.84. The van der Waals surface area contributed by atoms with E-state index in [2.05, 4.69) is 18.9 Å². The van der Waals surface area contributed by atoms with Gasteiger partial charge in [0.1, 0.15) is 5.78 Å². The van der Waals surface area contributed by atoms with Gasteiger partial charge in [0.05, 0.1) is 17.9 Å². The van der Waals surface area contributed by atoms with E-state index in [0.29, 0.717) is 12.3 Å². The summed E-state index contributed by atoms with van der Waals surface area (Å²) in [5.41, 5.74) is 2.04. The molecule has 4 heteroatoms. The topological polar surface area (TPSA) is 44.1 Å². The van der Waals surface area contributed by atoms with Crippen LogP contribution in [-0.4, -0.2) is 27.8 Å². The van der Waals surface area contributed by atoms with Gasteiger partial charge in [0, 0.05) is 25.1 Å². The van der Waals surface area contributed by atoms with Crippen molar-refractivity contribution in [1.29, 1.82) is 0 Å². The molecule has 0 aliphatic carbocycles. The van der Waals surface area contributed by atoms with Crippen LogP contribution < -0.4 is 0 Å². The minimum atomic E-state index is 0.00924. The minimum Gasteiger partial charge on any atom is -0.375 e. The molecule has 1 aromatic heterocycles. The van der Waals surface area contributed by atoms with Gasteiger partial charge < -0.3 is 4.74 Å². The third kappa shape index (κ3) is 2.73. The number of Topliss-reactive ketones (excluding diaryl/α,β-unsaturated/α-hetero) is 1. The summed E-state index contributed by atoms with van der Waals surface area (Å²) in [7, 11) is 1.91. The van der Waals surface area contributed by atoms with Gasteiger partial charge in [0.25, 0.3) is 0 Å². The van der Waals surface area contributed by atoms with Gasteiger partial charge in [-0.3, -0.25) is 9.48 Å². The fourth-order valence-electron chi connectivity index (χ4n) is 3.03. The maximum absolute atomic E-state index is 12.5. The Hall–Kier alpha value is -1.16. The number of carbonyl (C=O) groups excluding carboxylic acids is 1. The van der Waals surface area contributed by atoms with E-state index in [4.69, 9.17) is 4.74 Å². The lowest BCUT2D eigenvalue weighted by molar-refractivity contribution is -0.124. The largest absolute Gasteiger partial charge is 0.375 e. The summed E-state index contributed by atoms with van der Waals surface area (Å²) in [5, 5.41) is 4.39. The second kappa shape index (κ2) is 5.45. The highest BCUT2D eigenvalue weighted by atomic mass is 16.5. The highest BCUT2D eigenvalue weighted by Gasteiger charge is 2.41. The van der Waals surface area contributed by atoms with Crippen LogP contribution in [0.5, 0.6) is 0 Å². The first-order chi connectivity index (χ1) is 8.93. The molecule has 4 nitrogen and oxygen atoms in total. The van der Waals surface area contributed by atoms with Crippen LogP contribution in [0.4, 0.5) is 0 Å². The zero-order valence-corrected chi connectivity index (χ0v) is 12.5. The van der Waals surface area contributed by atoms with Crippen molar-refractivity contribution >= 4 is 5.78 Å². The molecule has 0 aromatic carbocycles. The van der Waals surface area contributed by atoms with E-state index in [1.54, 1.807) is 0 Å². The molecule has 19 heavy (non-hydrogen) atoms. The molecule has 1 saturated heterocycles. The Bertz CT molecular complexity index is 467. The zero-order valence-electron chi connectivity index (χ0n) is 12.5. The zero-order chi connectivity index (χ0) is 14.2. The van der Waals surface area contributed by atoms with Gasteiger partial charge in [-0.25, -0.2) is 0 Å². The number of ether oxygens (including phenoxy) is 1. The fraction of sp³-hybridized carbons (Fsp3) is 0.733.